The number of benzene rings is 3. The van der Waals surface area contributed by atoms with Crippen LogP contribution in [0.4, 0.5) is 0 Å². The number of carbonyl (C=O) groups is 1. The smallest absolute Gasteiger partial charge is 0.262 e. The van der Waals surface area contributed by atoms with E-state index in [4.69, 9.17) is 27.9 Å². The summed E-state index contributed by atoms with van der Waals surface area (Å²) in [6.07, 6.45) is 1.52. The quantitative estimate of drug-likeness (QED) is 0.262. The fourth-order valence-electron chi connectivity index (χ4n) is 2.96. The first-order valence-electron chi connectivity index (χ1n) is 9.71. The maximum Gasteiger partial charge on any atom is 0.262 e. The van der Waals surface area contributed by atoms with Crippen LogP contribution >= 0.6 is 39.1 Å². The summed E-state index contributed by atoms with van der Waals surface area (Å²) in [6, 6.07) is 21.9. The van der Waals surface area contributed by atoms with Gasteiger partial charge in [-0.1, -0.05) is 75.5 Å². The molecule has 0 saturated heterocycles. The number of rotatable bonds is 7. The summed E-state index contributed by atoms with van der Waals surface area (Å²) >= 11 is 15.5. The summed E-state index contributed by atoms with van der Waals surface area (Å²) in [6.45, 7) is 2.12. The van der Waals surface area contributed by atoms with Gasteiger partial charge in [0.1, 0.15) is 24.0 Å². The Kier molecular flexibility index (Phi) is 8.35. The average molecular weight is 530 g/mol. The number of ether oxygens (including phenoxy) is 1. The second-order valence-electron chi connectivity index (χ2n) is 6.99. The van der Waals surface area contributed by atoms with Crippen LogP contribution in [0.1, 0.15) is 29.7 Å². The third-order valence-electron chi connectivity index (χ3n) is 4.66. The summed E-state index contributed by atoms with van der Waals surface area (Å²) in [7, 11) is 0. The molecule has 3 aromatic carbocycles. The van der Waals surface area contributed by atoms with E-state index in [-0.39, 0.29) is 18.2 Å². The average Bonchev–Trinajstić information content (AvgIpc) is 2.79. The standard InChI is InChI=1S/C25H19BrCl2N2O2/c1-16(18-5-3-2-4-6-18)30-25(31)20(14-29)12-19-13-21(26)8-10-24(19)32-15-17-7-9-22(27)23(28)11-17/h2-13,16H,15H2,1H3,(H,30,31)/b20-12-/t16-/m0/s1. The van der Waals surface area contributed by atoms with E-state index in [0.29, 0.717) is 21.4 Å². The Morgan fingerprint density at radius 1 is 1.12 bits per heavy atom. The normalized spacial score (nSPS) is 12.0. The van der Waals surface area contributed by atoms with Crippen LogP contribution in [0, 0.1) is 11.3 Å². The maximum atomic E-state index is 12.7. The lowest BCUT2D eigenvalue weighted by molar-refractivity contribution is -0.117. The highest BCUT2D eigenvalue weighted by Crippen LogP contribution is 2.28. The summed E-state index contributed by atoms with van der Waals surface area (Å²) in [5.74, 6) is 0.0650. The van der Waals surface area contributed by atoms with Gasteiger partial charge >= 0.3 is 0 Å². The molecular formula is C25H19BrCl2N2O2. The Morgan fingerprint density at radius 3 is 2.56 bits per heavy atom. The van der Waals surface area contributed by atoms with Crippen molar-refractivity contribution in [3.63, 3.8) is 0 Å². The number of nitrogens with one attached hydrogen (secondary N) is 1. The van der Waals surface area contributed by atoms with E-state index in [2.05, 4.69) is 21.2 Å². The van der Waals surface area contributed by atoms with Gasteiger partial charge in [-0.3, -0.25) is 4.79 Å². The number of amides is 1. The van der Waals surface area contributed by atoms with Crippen LogP contribution in [0.15, 0.2) is 76.8 Å². The summed E-state index contributed by atoms with van der Waals surface area (Å²) in [5.41, 5.74) is 2.36. The largest absolute Gasteiger partial charge is 0.488 e. The van der Waals surface area contributed by atoms with Crippen LogP contribution in [0.25, 0.3) is 6.08 Å². The van der Waals surface area contributed by atoms with E-state index in [1.807, 2.05) is 55.5 Å². The lowest BCUT2D eigenvalue weighted by atomic mass is 10.1. The highest BCUT2D eigenvalue weighted by atomic mass is 79.9. The molecule has 1 atom stereocenters. The Hall–Kier alpha value is -2.78. The molecule has 0 heterocycles. The van der Waals surface area contributed by atoms with Gasteiger partial charge in [-0.15, -0.1) is 0 Å². The molecule has 0 spiro atoms. The van der Waals surface area contributed by atoms with Crippen LogP contribution in [0.5, 0.6) is 5.75 Å². The summed E-state index contributed by atoms with van der Waals surface area (Å²) in [4.78, 5) is 12.7. The van der Waals surface area contributed by atoms with Crippen molar-refractivity contribution in [2.24, 2.45) is 0 Å². The zero-order chi connectivity index (χ0) is 23.1. The van der Waals surface area contributed by atoms with Crippen LogP contribution < -0.4 is 10.1 Å². The Morgan fingerprint density at radius 2 is 1.88 bits per heavy atom. The number of halogens is 3. The molecule has 0 radical (unpaired) electrons. The van der Waals surface area contributed by atoms with Crippen molar-refractivity contribution in [2.75, 3.05) is 0 Å². The van der Waals surface area contributed by atoms with Crippen molar-refractivity contribution in [1.29, 1.82) is 5.26 Å². The molecule has 7 heteroatoms. The molecule has 1 N–H and O–H groups in total. The molecule has 0 bridgehead atoms. The second kappa shape index (κ2) is 11.2. The van der Waals surface area contributed by atoms with Crippen LogP contribution in [-0.2, 0) is 11.4 Å². The van der Waals surface area contributed by atoms with Crippen molar-refractivity contribution in [3.05, 3.63) is 104 Å². The lowest BCUT2D eigenvalue weighted by Crippen LogP contribution is -2.27. The molecule has 4 nitrogen and oxygen atoms in total. The first-order valence-corrected chi connectivity index (χ1v) is 11.3. The monoisotopic (exact) mass is 528 g/mol. The third kappa shape index (κ3) is 6.37. The topological polar surface area (TPSA) is 62.1 Å². The minimum Gasteiger partial charge on any atom is -0.488 e. The molecule has 0 fully saturated rings. The van der Waals surface area contributed by atoms with E-state index in [0.717, 1.165) is 15.6 Å². The minimum absolute atomic E-state index is 0.0229. The van der Waals surface area contributed by atoms with Crippen molar-refractivity contribution in [1.82, 2.24) is 5.32 Å². The lowest BCUT2D eigenvalue weighted by Gasteiger charge is -2.14. The van der Waals surface area contributed by atoms with Gasteiger partial charge in [-0.25, -0.2) is 0 Å². The predicted octanol–water partition coefficient (Wildman–Crippen LogP) is 7.12. The van der Waals surface area contributed by atoms with Crippen molar-refractivity contribution in [3.8, 4) is 11.8 Å². The first-order chi connectivity index (χ1) is 15.4. The van der Waals surface area contributed by atoms with Gasteiger partial charge in [0.15, 0.2) is 0 Å². The highest BCUT2D eigenvalue weighted by Gasteiger charge is 2.15. The Bertz CT molecular complexity index is 1190. The fraction of sp³-hybridized carbons (Fsp3) is 0.120. The van der Waals surface area contributed by atoms with Gasteiger partial charge in [0.05, 0.1) is 16.1 Å². The SMILES string of the molecule is C[C@H](NC(=O)/C(C#N)=C\c1cc(Br)ccc1OCc1ccc(Cl)c(Cl)c1)c1ccccc1. The molecule has 3 aromatic rings. The predicted molar refractivity (Wildman–Crippen MR) is 132 cm³/mol. The Balaban J connectivity index is 1.80. The van der Waals surface area contributed by atoms with Gasteiger partial charge < -0.3 is 10.1 Å². The number of nitriles is 1. The summed E-state index contributed by atoms with van der Waals surface area (Å²) in [5, 5.41) is 13.4. The number of carbonyl (C=O) groups excluding carboxylic acids is 1. The summed E-state index contributed by atoms with van der Waals surface area (Å²) < 4.78 is 6.73. The van der Waals surface area contributed by atoms with Crippen LogP contribution in [0.2, 0.25) is 10.0 Å². The zero-order valence-electron chi connectivity index (χ0n) is 17.1. The van der Waals surface area contributed by atoms with E-state index in [1.54, 1.807) is 24.3 Å². The number of hydrogen-bond acceptors (Lipinski definition) is 3. The van der Waals surface area contributed by atoms with Crippen molar-refractivity contribution >= 4 is 51.1 Å². The second-order valence-corrected chi connectivity index (χ2v) is 8.73. The molecule has 0 aliphatic rings. The molecule has 0 unspecified atom stereocenters. The number of nitrogens with zero attached hydrogens (tertiary/aromatic N) is 1. The third-order valence-corrected chi connectivity index (χ3v) is 5.89. The molecule has 3 rings (SSSR count). The molecule has 0 saturated carbocycles. The molecular weight excluding hydrogens is 511 g/mol. The van der Waals surface area contributed by atoms with Crippen LogP contribution in [-0.4, -0.2) is 5.91 Å². The first kappa shape index (κ1) is 23.9. The molecule has 32 heavy (non-hydrogen) atoms. The van der Waals surface area contributed by atoms with Crippen molar-refractivity contribution < 1.29 is 9.53 Å². The van der Waals surface area contributed by atoms with E-state index < -0.39 is 5.91 Å². The highest BCUT2D eigenvalue weighted by molar-refractivity contribution is 9.10. The van der Waals surface area contributed by atoms with Gasteiger partial charge in [0.2, 0.25) is 0 Å². The van der Waals surface area contributed by atoms with E-state index >= 15 is 0 Å². The Labute approximate surface area is 205 Å². The molecule has 0 aromatic heterocycles. The van der Waals surface area contributed by atoms with Gasteiger partial charge in [0, 0.05) is 10.0 Å². The van der Waals surface area contributed by atoms with E-state index in [1.165, 1.54) is 6.08 Å². The van der Waals surface area contributed by atoms with Gasteiger partial charge in [-0.2, -0.15) is 5.26 Å². The fourth-order valence-corrected chi connectivity index (χ4v) is 3.66. The minimum atomic E-state index is -0.459. The molecule has 162 valence electrons. The zero-order valence-corrected chi connectivity index (χ0v) is 20.2. The molecule has 1 amide bonds. The molecule has 0 aliphatic carbocycles. The van der Waals surface area contributed by atoms with E-state index in [9.17, 15) is 10.1 Å². The maximum absolute atomic E-state index is 12.7. The number of hydrogen-bond donors (Lipinski definition) is 1. The van der Waals surface area contributed by atoms with Crippen LogP contribution in [0.3, 0.4) is 0 Å². The molecule has 0 aliphatic heterocycles. The van der Waals surface area contributed by atoms with Gasteiger partial charge in [-0.05, 0) is 54.5 Å². The van der Waals surface area contributed by atoms with Crippen molar-refractivity contribution in [2.45, 2.75) is 19.6 Å². The van der Waals surface area contributed by atoms with Gasteiger partial charge in [0.25, 0.3) is 5.91 Å².